The molecule has 1 aliphatic rings. The molecule has 150 valence electrons. The van der Waals surface area contributed by atoms with Gasteiger partial charge < -0.3 is 14.8 Å². The van der Waals surface area contributed by atoms with Crippen LogP contribution in [-0.2, 0) is 4.79 Å². The highest BCUT2D eigenvalue weighted by Gasteiger charge is 2.35. The third-order valence-corrected chi connectivity index (χ3v) is 5.08. The third kappa shape index (κ3) is 4.67. The molecule has 1 amide bonds. The monoisotopic (exact) mass is 381 g/mol. The maximum Gasteiger partial charge on any atom is 0.261 e. The summed E-state index contributed by atoms with van der Waals surface area (Å²) in [5, 5.41) is 3.21. The van der Waals surface area contributed by atoms with Gasteiger partial charge in [0.2, 0.25) is 0 Å². The van der Waals surface area contributed by atoms with Gasteiger partial charge in [0, 0.05) is 12.0 Å². The zero-order valence-electron chi connectivity index (χ0n) is 17.8. The Labute approximate surface area is 168 Å². The van der Waals surface area contributed by atoms with Crippen LogP contribution in [0, 0.1) is 20.8 Å². The molecule has 2 aromatic carbocycles. The normalized spacial score (nSPS) is 18.6. The number of carbonyl (C=O) groups is 1. The summed E-state index contributed by atoms with van der Waals surface area (Å²) >= 11 is 0. The topological polar surface area (TPSA) is 47.6 Å². The van der Waals surface area contributed by atoms with Crippen LogP contribution in [0.2, 0.25) is 0 Å². The molecule has 28 heavy (non-hydrogen) atoms. The SMILES string of the molecule is CC[C@H](Oc1cc(C)cc(C)c1)C(=O)N[C@@H]1CC(C)(C)Oc2ccc(C)cc21. The highest BCUT2D eigenvalue weighted by atomic mass is 16.5. The van der Waals surface area contributed by atoms with Crippen molar-refractivity contribution in [3.05, 3.63) is 58.7 Å². The first-order valence-electron chi connectivity index (χ1n) is 10.0. The second-order valence-corrected chi connectivity index (χ2v) is 8.51. The zero-order chi connectivity index (χ0) is 20.5. The first kappa shape index (κ1) is 20.2. The molecule has 0 radical (unpaired) electrons. The van der Waals surface area contributed by atoms with E-state index in [0.717, 1.165) is 40.2 Å². The predicted octanol–water partition coefficient (Wildman–Crippen LogP) is 5.19. The van der Waals surface area contributed by atoms with Gasteiger partial charge in [-0.15, -0.1) is 0 Å². The molecule has 0 fully saturated rings. The molecule has 2 atom stereocenters. The zero-order valence-corrected chi connectivity index (χ0v) is 17.8. The van der Waals surface area contributed by atoms with Crippen molar-refractivity contribution in [2.45, 2.75) is 72.1 Å². The summed E-state index contributed by atoms with van der Waals surface area (Å²) in [7, 11) is 0. The molecule has 0 saturated heterocycles. The summed E-state index contributed by atoms with van der Waals surface area (Å²) in [6.45, 7) is 12.2. The number of nitrogens with one attached hydrogen (secondary N) is 1. The summed E-state index contributed by atoms with van der Waals surface area (Å²) < 4.78 is 12.2. The molecular formula is C24H31NO3. The highest BCUT2D eigenvalue weighted by molar-refractivity contribution is 5.81. The fourth-order valence-electron chi connectivity index (χ4n) is 3.85. The average Bonchev–Trinajstić information content (AvgIpc) is 2.58. The molecule has 4 nitrogen and oxygen atoms in total. The van der Waals surface area contributed by atoms with E-state index in [4.69, 9.17) is 9.47 Å². The lowest BCUT2D eigenvalue weighted by Gasteiger charge is -2.38. The molecule has 1 heterocycles. The van der Waals surface area contributed by atoms with Crippen LogP contribution < -0.4 is 14.8 Å². The number of fused-ring (bicyclic) bond motifs is 1. The molecular weight excluding hydrogens is 350 g/mol. The lowest BCUT2D eigenvalue weighted by Crippen LogP contribution is -2.45. The second-order valence-electron chi connectivity index (χ2n) is 8.51. The molecule has 1 N–H and O–H groups in total. The first-order valence-corrected chi connectivity index (χ1v) is 10.0. The van der Waals surface area contributed by atoms with Crippen LogP contribution in [0.1, 0.15) is 61.9 Å². The molecule has 0 spiro atoms. The molecule has 0 unspecified atom stereocenters. The number of hydrogen-bond donors (Lipinski definition) is 1. The molecule has 4 heteroatoms. The molecule has 0 aliphatic carbocycles. The maximum absolute atomic E-state index is 13.0. The summed E-state index contributed by atoms with van der Waals surface area (Å²) in [5.74, 6) is 1.50. The Kier molecular flexibility index (Phi) is 5.69. The van der Waals surface area contributed by atoms with Crippen LogP contribution in [0.5, 0.6) is 11.5 Å². The molecule has 3 rings (SSSR count). The molecule has 0 saturated carbocycles. The minimum atomic E-state index is -0.527. The summed E-state index contributed by atoms with van der Waals surface area (Å²) in [6, 6.07) is 12.1. The molecule has 2 aromatic rings. The summed E-state index contributed by atoms with van der Waals surface area (Å²) in [6.07, 6.45) is 0.793. The number of benzene rings is 2. The third-order valence-electron chi connectivity index (χ3n) is 5.08. The molecule has 0 bridgehead atoms. The number of hydrogen-bond acceptors (Lipinski definition) is 3. The van der Waals surface area contributed by atoms with E-state index in [0.29, 0.717) is 6.42 Å². The Morgan fingerprint density at radius 1 is 1.14 bits per heavy atom. The van der Waals surface area contributed by atoms with Crippen LogP contribution in [0.4, 0.5) is 0 Å². The lowest BCUT2D eigenvalue weighted by molar-refractivity contribution is -0.129. The van der Waals surface area contributed by atoms with Crippen molar-refractivity contribution in [2.75, 3.05) is 0 Å². The van der Waals surface area contributed by atoms with Crippen molar-refractivity contribution in [1.82, 2.24) is 5.32 Å². The largest absolute Gasteiger partial charge is 0.487 e. The van der Waals surface area contributed by atoms with Crippen molar-refractivity contribution in [3.8, 4) is 11.5 Å². The van der Waals surface area contributed by atoms with Crippen molar-refractivity contribution in [2.24, 2.45) is 0 Å². The van der Waals surface area contributed by atoms with Gasteiger partial charge in [0.05, 0.1) is 6.04 Å². The van der Waals surface area contributed by atoms with E-state index >= 15 is 0 Å². The number of amides is 1. The van der Waals surface area contributed by atoms with E-state index in [-0.39, 0.29) is 17.6 Å². The van der Waals surface area contributed by atoms with E-state index in [2.05, 4.69) is 38.2 Å². The van der Waals surface area contributed by atoms with Crippen molar-refractivity contribution in [3.63, 3.8) is 0 Å². The number of rotatable bonds is 5. The van der Waals surface area contributed by atoms with Gasteiger partial charge in [-0.25, -0.2) is 0 Å². The predicted molar refractivity (Wildman–Crippen MR) is 112 cm³/mol. The Balaban J connectivity index is 1.79. The Morgan fingerprint density at radius 2 is 1.82 bits per heavy atom. The molecule has 1 aliphatic heterocycles. The van der Waals surface area contributed by atoms with Crippen LogP contribution in [0.3, 0.4) is 0 Å². The van der Waals surface area contributed by atoms with Crippen molar-refractivity contribution in [1.29, 1.82) is 0 Å². The van der Waals surface area contributed by atoms with Crippen molar-refractivity contribution >= 4 is 5.91 Å². The number of aryl methyl sites for hydroxylation is 3. The summed E-state index contributed by atoms with van der Waals surface area (Å²) in [4.78, 5) is 13.0. The minimum Gasteiger partial charge on any atom is -0.487 e. The van der Waals surface area contributed by atoms with Crippen LogP contribution >= 0.6 is 0 Å². The van der Waals surface area contributed by atoms with E-state index < -0.39 is 6.10 Å². The lowest BCUT2D eigenvalue weighted by atomic mass is 9.88. The Morgan fingerprint density at radius 3 is 2.46 bits per heavy atom. The van der Waals surface area contributed by atoms with E-state index in [1.54, 1.807) is 0 Å². The van der Waals surface area contributed by atoms with Gasteiger partial charge in [-0.3, -0.25) is 4.79 Å². The second kappa shape index (κ2) is 7.86. The standard InChI is InChI=1S/C24H31NO3/c1-7-21(27-18-11-16(3)10-17(4)12-18)23(26)25-20-14-24(5,6)28-22-9-8-15(2)13-19(20)22/h8-13,20-21H,7,14H2,1-6H3,(H,25,26)/t20-,21+/m1/s1. The van der Waals surface area contributed by atoms with Gasteiger partial charge in [-0.1, -0.05) is 30.7 Å². The van der Waals surface area contributed by atoms with Gasteiger partial charge >= 0.3 is 0 Å². The summed E-state index contributed by atoms with van der Waals surface area (Å²) in [5.41, 5.74) is 4.10. The number of carbonyl (C=O) groups excluding carboxylic acids is 1. The van der Waals surface area contributed by atoms with E-state index in [1.807, 2.05) is 45.0 Å². The van der Waals surface area contributed by atoms with Crippen LogP contribution in [0.15, 0.2) is 36.4 Å². The van der Waals surface area contributed by atoms with Gasteiger partial charge in [-0.2, -0.15) is 0 Å². The van der Waals surface area contributed by atoms with Crippen LogP contribution in [-0.4, -0.2) is 17.6 Å². The average molecular weight is 382 g/mol. The van der Waals surface area contributed by atoms with Gasteiger partial charge in [0.1, 0.15) is 17.1 Å². The van der Waals surface area contributed by atoms with Gasteiger partial charge in [0.25, 0.3) is 5.91 Å². The highest BCUT2D eigenvalue weighted by Crippen LogP contribution is 2.40. The Hall–Kier alpha value is -2.49. The minimum absolute atomic E-state index is 0.0863. The van der Waals surface area contributed by atoms with E-state index in [9.17, 15) is 4.79 Å². The van der Waals surface area contributed by atoms with Gasteiger partial charge in [0.15, 0.2) is 6.10 Å². The fraction of sp³-hybridized carbons (Fsp3) is 0.458. The van der Waals surface area contributed by atoms with Crippen LogP contribution in [0.25, 0.3) is 0 Å². The van der Waals surface area contributed by atoms with E-state index in [1.165, 1.54) is 0 Å². The van der Waals surface area contributed by atoms with Crippen molar-refractivity contribution < 1.29 is 14.3 Å². The Bertz CT molecular complexity index is 852. The molecule has 0 aromatic heterocycles. The quantitative estimate of drug-likeness (QED) is 0.775. The first-order chi connectivity index (χ1) is 13.2. The van der Waals surface area contributed by atoms with Gasteiger partial charge in [-0.05, 0) is 70.4 Å². The maximum atomic E-state index is 13.0. The number of ether oxygens (including phenoxy) is 2. The smallest absolute Gasteiger partial charge is 0.261 e. The fourth-order valence-corrected chi connectivity index (χ4v) is 3.85.